The van der Waals surface area contributed by atoms with Gasteiger partial charge < -0.3 is 15.4 Å². The molecule has 1 unspecified atom stereocenters. The van der Waals surface area contributed by atoms with Crippen molar-refractivity contribution in [2.75, 3.05) is 19.7 Å². The lowest BCUT2D eigenvalue weighted by atomic mass is 9.98. The first-order chi connectivity index (χ1) is 7.56. The molecule has 0 spiro atoms. The third-order valence-electron chi connectivity index (χ3n) is 2.74. The average Bonchev–Trinajstić information content (AvgIpc) is 2.28. The second-order valence-corrected chi connectivity index (χ2v) is 4.16. The summed E-state index contributed by atoms with van der Waals surface area (Å²) in [5.74, 6) is -0.477. The van der Waals surface area contributed by atoms with Gasteiger partial charge in [0, 0.05) is 13.1 Å². The summed E-state index contributed by atoms with van der Waals surface area (Å²) in [6, 6.07) is -0.499. The van der Waals surface area contributed by atoms with Crippen molar-refractivity contribution >= 4 is 24.3 Å². The highest BCUT2D eigenvalue weighted by Gasteiger charge is 2.30. The fourth-order valence-corrected chi connectivity index (χ4v) is 1.92. The van der Waals surface area contributed by atoms with E-state index in [1.54, 1.807) is 18.7 Å². The molecule has 1 amide bonds. The van der Waals surface area contributed by atoms with E-state index in [1.807, 2.05) is 0 Å². The predicted molar refractivity (Wildman–Crippen MR) is 66.8 cm³/mol. The number of ether oxygens (including phenoxy) is 1. The van der Waals surface area contributed by atoms with Gasteiger partial charge >= 0.3 is 5.97 Å². The van der Waals surface area contributed by atoms with E-state index in [9.17, 15) is 9.59 Å². The van der Waals surface area contributed by atoms with Gasteiger partial charge in [0.1, 0.15) is 0 Å². The number of nitrogens with two attached hydrogens (primary N) is 1. The Kier molecular flexibility index (Phi) is 7.15. The van der Waals surface area contributed by atoms with Gasteiger partial charge in [0.15, 0.2) is 0 Å². The molecule has 0 radical (unpaired) electrons. The van der Waals surface area contributed by atoms with Crippen molar-refractivity contribution in [1.29, 1.82) is 0 Å². The topological polar surface area (TPSA) is 72.6 Å². The molecule has 0 aromatic carbocycles. The highest BCUT2D eigenvalue weighted by molar-refractivity contribution is 5.85. The van der Waals surface area contributed by atoms with Gasteiger partial charge in [-0.05, 0) is 26.7 Å². The molecule has 2 N–H and O–H groups in total. The first-order valence-corrected chi connectivity index (χ1v) is 5.77. The molecule has 1 heterocycles. The predicted octanol–water partition coefficient (Wildman–Crippen LogP) is 0.557. The van der Waals surface area contributed by atoms with Gasteiger partial charge in [-0.1, -0.05) is 0 Å². The average molecular weight is 265 g/mol. The maximum absolute atomic E-state index is 11.7. The summed E-state index contributed by atoms with van der Waals surface area (Å²) in [5.41, 5.74) is 5.54. The van der Waals surface area contributed by atoms with Crippen LogP contribution in [0.1, 0.15) is 26.7 Å². The summed E-state index contributed by atoms with van der Waals surface area (Å²) in [5, 5.41) is 0. The lowest BCUT2D eigenvalue weighted by molar-refractivity contribution is -0.151. The van der Waals surface area contributed by atoms with Crippen LogP contribution in [0.5, 0.6) is 0 Å². The minimum atomic E-state index is -0.499. The van der Waals surface area contributed by atoms with E-state index in [4.69, 9.17) is 10.5 Å². The van der Waals surface area contributed by atoms with Gasteiger partial charge in [-0.3, -0.25) is 9.59 Å². The largest absolute Gasteiger partial charge is 0.466 e. The maximum Gasteiger partial charge on any atom is 0.310 e. The highest BCUT2D eigenvalue weighted by Crippen LogP contribution is 2.18. The molecule has 5 nitrogen and oxygen atoms in total. The second kappa shape index (κ2) is 7.50. The van der Waals surface area contributed by atoms with E-state index < -0.39 is 6.04 Å². The number of rotatable bonds is 3. The molecule has 0 aromatic rings. The number of halogens is 1. The van der Waals surface area contributed by atoms with Crippen LogP contribution in [0.15, 0.2) is 0 Å². The Labute approximate surface area is 108 Å². The van der Waals surface area contributed by atoms with Crippen LogP contribution in [-0.4, -0.2) is 42.5 Å². The molecular formula is C11H21ClN2O3. The molecule has 2 atom stereocenters. The zero-order valence-corrected chi connectivity index (χ0v) is 11.2. The molecule has 0 bridgehead atoms. The summed E-state index contributed by atoms with van der Waals surface area (Å²) in [6.45, 7) is 4.97. The van der Waals surface area contributed by atoms with Crippen LogP contribution in [0.4, 0.5) is 0 Å². The van der Waals surface area contributed by atoms with Crippen LogP contribution in [0.25, 0.3) is 0 Å². The van der Waals surface area contributed by atoms with Gasteiger partial charge in [0.25, 0.3) is 0 Å². The number of carbonyl (C=O) groups excluding carboxylic acids is 2. The Bertz CT molecular complexity index is 271. The number of amides is 1. The molecule has 0 saturated carbocycles. The van der Waals surface area contributed by atoms with E-state index in [0.29, 0.717) is 19.7 Å². The summed E-state index contributed by atoms with van der Waals surface area (Å²) in [6.07, 6.45) is 1.63. The number of carbonyl (C=O) groups is 2. The molecule has 1 aliphatic rings. The molecular weight excluding hydrogens is 244 g/mol. The van der Waals surface area contributed by atoms with E-state index in [-0.39, 0.29) is 30.2 Å². The summed E-state index contributed by atoms with van der Waals surface area (Å²) < 4.78 is 4.96. The Morgan fingerprint density at radius 3 is 2.71 bits per heavy atom. The minimum Gasteiger partial charge on any atom is -0.466 e. The first kappa shape index (κ1) is 16.2. The van der Waals surface area contributed by atoms with Crippen molar-refractivity contribution in [3.63, 3.8) is 0 Å². The lowest BCUT2D eigenvalue weighted by Crippen LogP contribution is -2.48. The van der Waals surface area contributed by atoms with Gasteiger partial charge in [0.2, 0.25) is 5.91 Å². The Balaban J connectivity index is 0.00000256. The van der Waals surface area contributed by atoms with Crippen molar-refractivity contribution in [3.05, 3.63) is 0 Å². The standard InChI is InChI=1S/C11H20N2O3.ClH/c1-3-16-11(15)9-5-4-6-13(7-9)10(14)8(2)12;/h8-9H,3-7,12H2,1-2H3;1H/t8-,9?;/m1./s1. The monoisotopic (exact) mass is 264 g/mol. The summed E-state index contributed by atoms with van der Waals surface area (Å²) >= 11 is 0. The molecule has 100 valence electrons. The van der Waals surface area contributed by atoms with Crippen molar-refractivity contribution < 1.29 is 14.3 Å². The Morgan fingerprint density at radius 1 is 1.53 bits per heavy atom. The third kappa shape index (κ3) is 4.52. The molecule has 0 aliphatic carbocycles. The smallest absolute Gasteiger partial charge is 0.310 e. The maximum atomic E-state index is 11.7. The number of piperidine rings is 1. The van der Waals surface area contributed by atoms with E-state index in [2.05, 4.69) is 0 Å². The van der Waals surface area contributed by atoms with E-state index in [0.717, 1.165) is 12.8 Å². The number of hydrogen-bond acceptors (Lipinski definition) is 4. The number of hydrogen-bond donors (Lipinski definition) is 1. The Morgan fingerprint density at radius 2 is 2.18 bits per heavy atom. The van der Waals surface area contributed by atoms with Gasteiger partial charge in [-0.15, -0.1) is 12.4 Å². The van der Waals surface area contributed by atoms with Gasteiger partial charge in [0.05, 0.1) is 18.6 Å². The quantitative estimate of drug-likeness (QED) is 0.756. The molecule has 1 aliphatic heterocycles. The normalized spacial score (nSPS) is 21.4. The Hall–Kier alpha value is -0.810. The molecule has 1 saturated heterocycles. The fourth-order valence-electron chi connectivity index (χ4n) is 1.92. The van der Waals surface area contributed by atoms with Crippen molar-refractivity contribution in [3.8, 4) is 0 Å². The van der Waals surface area contributed by atoms with E-state index in [1.165, 1.54) is 0 Å². The van der Waals surface area contributed by atoms with E-state index >= 15 is 0 Å². The zero-order chi connectivity index (χ0) is 12.1. The summed E-state index contributed by atoms with van der Waals surface area (Å²) in [7, 11) is 0. The molecule has 1 fully saturated rings. The van der Waals surface area contributed by atoms with Crippen LogP contribution in [-0.2, 0) is 14.3 Å². The first-order valence-electron chi connectivity index (χ1n) is 5.77. The third-order valence-corrected chi connectivity index (χ3v) is 2.74. The van der Waals surface area contributed by atoms with Crippen LogP contribution < -0.4 is 5.73 Å². The molecule has 0 aromatic heterocycles. The number of esters is 1. The van der Waals surface area contributed by atoms with Crippen LogP contribution in [0, 0.1) is 5.92 Å². The van der Waals surface area contributed by atoms with Gasteiger partial charge in [-0.2, -0.15) is 0 Å². The SMILES string of the molecule is CCOC(=O)C1CCCN(C(=O)[C@@H](C)N)C1.Cl. The highest BCUT2D eigenvalue weighted by atomic mass is 35.5. The van der Waals surface area contributed by atoms with Crippen LogP contribution >= 0.6 is 12.4 Å². The number of nitrogens with zero attached hydrogens (tertiary/aromatic N) is 1. The van der Waals surface area contributed by atoms with Crippen LogP contribution in [0.3, 0.4) is 0 Å². The second-order valence-electron chi connectivity index (χ2n) is 4.16. The lowest BCUT2D eigenvalue weighted by Gasteiger charge is -2.32. The minimum absolute atomic E-state index is 0. The van der Waals surface area contributed by atoms with Crippen molar-refractivity contribution in [1.82, 2.24) is 4.90 Å². The van der Waals surface area contributed by atoms with Crippen molar-refractivity contribution in [2.24, 2.45) is 11.7 Å². The van der Waals surface area contributed by atoms with Crippen LogP contribution in [0.2, 0.25) is 0 Å². The van der Waals surface area contributed by atoms with Crippen molar-refractivity contribution in [2.45, 2.75) is 32.7 Å². The molecule has 17 heavy (non-hydrogen) atoms. The zero-order valence-electron chi connectivity index (χ0n) is 10.3. The van der Waals surface area contributed by atoms with Gasteiger partial charge in [-0.25, -0.2) is 0 Å². The summed E-state index contributed by atoms with van der Waals surface area (Å²) in [4.78, 5) is 24.9. The molecule has 1 rings (SSSR count). The number of likely N-dealkylation sites (tertiary alicyclic amines) is 1. The molecule has 6 heteroatoms. The fraction of sp³-hybridized carbons (Fsp3) is 0.818.